The first-order chi connectivity index (χ1) is 6.59. The van der Waals surface area contributed by atoms with Crippen molar-refractivity contribution in [3.05, 3.63) is 24.0 Å². The molecular formula is C11H16ClNO. The van der Waals surface area contributed by atoms with Crippen LogP contribution in [0.5, 0.6) is 5.75 Å². The van der Waals surface area contributed by atoms with Crippen molar-refractivity contribution >= 4 is 11.6 Å². The topological polar surface area (TPSA) is 22.1 Å². The van der Waals surface area contributed by atoms with Gasteiger partial charge in [0.25, 0.3) is 0 Å². The van der Waals surface area contributed by atoms with Gasteiger partial charge in [0, 0.05) is 11.8 Å². The first kappa shape index (κ1) is 11.3. The Morgan fingerprint density at radius 3 is 2.79 bits per heavy atom. The fourth-order valence-electron chi connectivity index (χ4n) is 0.981. The summed E-state index contributed by atoms with van der Waals surface area (Å²) in [6.07, 6.45) is 4.39. The summed E-state index contributed by atoms with van der Waals surface area (Å²) in [5.41, 5.74) is 0.826. The van der Waals surface area contributed by atoms with Gasteiger partial charge in [-0.25, -0.2) is 0 Å². The molecule has 1 aromatic heterocycles. The molecule has 1 rings (SSSR count). The molecule has 0 saturated heterocycles. The predicted octanol–water partition coefficient (Wildman–Crippen LogP) is 3.39. The average Bonchev–Trinajstić information content (AvgIpc) is 2.18. The van der Waals surface area contributed by atoms with Crippen molar-refractivity contribution in [1.29, 1.82) is 0 Å². The van der Waals surface area contributed by atoms with Gasteiger partial charge in [0.1, 0.15) is 11.4 Å². The van der Waals surface area contributed by atoms with Crippen LogP contribution in [-0.4, -0.2) is 10.6 Å². The summed E-state index contributed by atoms with van der Waals surface area (Å²) in [5, 5.41) is 0. The Hall–Kier alpha value is -0.760. The Labute approximate surface area is 90.3 Å². The molecule has 0 aliphatic heterocycles. The number of nitrogens with zero attached hydrogens (tertiary/aromatic N) is 1. The van der Waals surface area contributed by atoms with E-state index in [0.717, 1.165) is 17.7 Å². The molecule has 0 aromatic carbocycles. The number of halogens is 1. The maximum Gasteiger partial charge on any atom is 0.142 e. The smallest absolute Gasteiger partial charge is 0.142 e. The minimum atomic E-state index is -0.163. The summed E-state index contributed by atoms with van der Waals surface area (Å²) in [5.74, 6) is 1.24. The van der Waals surface area contributed by atoms with E-state index >= 15 is 0 Å². The Balaban J connectivity index is 2.85. The molecule has 1 heterocycles. The van der Waals surface area contributed by atoms with Crippen LogP contribution in [0.2, 0.25) is 0 Å². The zero-order chi connectivity index (χ0) is 10.6. The molecule has 2 nitrogen and oxygen atoms in total. The normalized spacial score (nSPS) is 11.4. The molecule has 0 amide bonds. The summed E-state index contributed by atoms with van der Waals surface area (Å²) in [7, 11) is 0. The molecule has 0 aliphatic rings. The van der Waals surface area contributed by atoms with Crippen LogP contribution in [0.15, 0.2) is 18.5 Å². The zero-order valence-corrected chi connectivity index (χ0v) is 9.64. The highest BCUT2D eigenvalue weighted by molar-refractivity contribution is 6.17. The van der Waals surface area contributed by atoms with Gasteiger partial charge in [0.2, 0.25) is 0 Å². The monoisotopic (exact) mass is 213 g/mol. The second-order valence-corrected chi connectivity index (χ2v) is 4.10. The first-order valence-electron chi connectivity index (χ1n) is 4.77. The van der Waals surface area contributed by atoms with Crippen molar-refractivity contribution in [2.45, 2.75) is 38.7 Å². The van der Waals surface area contributed by atoms with Gasteiger partial charge in [-0.1, -0.05) is 6.92 Å². The van der Waals surface area contributed by atoms with Crippen LogP contribution >= 0.6 is 11.6 Å². The molecule has 0 N–H and O–H groups in total. The standard InChI is InChI=1S/C11H16ClNO/c1-4-11(2,3)14-10-8-13-6-5-9(10)7-12/h5-6,8H,4,7H2,1-3H3. The molecule has 3 heteroatoms. The second kappa shape index (κ2) is 4.65. The SMILES string of the molecule is CCC(C)(C)Oc1cnccc1CCl. The van der Waals surface area contributed by atoms with Crippen LogP contribution < -0.4 is 4.74 Å². The molecule has 0 radical (unpaired) electrons. The quantitative estimate of drug-likeness (QED) is 0.716. The maximum atomic E-state index is 5.83. The summed E-state index contributed by atoms with van der Waals surface area (Å²) in [6.45, 7) is 6.20. The van der Waals surface area contributed by atoms with Crippen LogP contribution in [0, 0.1) is 0 Å². The van der Waals surface area contributed by atoms with E-state index in [-0.39, 0.29) is 5.60 Å². The van der Waals surface area contributed by atoms with Gasteiger partial charge in [-0.3, -0.25) is 4.98 Å². The molecule has 0 fully saturated rings. The number of hydrogen-bond donors (Lipinski definition) is 0. The third-order valence-corrected chi connectivity index (χ3v) is 2.54. The molecule has 0 spiro atoms. The lowest BCUT2D eigenvalue weighted by Gasteiger charge is -2.25. The molecule has 0 unspecified atom stereocenters. The van der Waals surface area contributed by atoms with Crippen molar-refractivity contribution in [3.63, 3.8) is 0 Å². The molecule has 0 saturated carbocycles. The van der Waals surface area contributed by atoms with Crippen molar-refractivity contribution in [2.24, 2.45) is 0 Å². The van der Waals surface area contributed by atoms with E-state index < -0.39 is 0 Å². The van der Waals surface area contributed by atoms with Gasteiger partial charge in [-0.2, -0.15) is 0 Å². The van der Waals surface area contributed by atoms with E-state index in [1.54, 1.807) is 12.4 Å². The number of pyridine rings is 1. The average molecular weight is 214 g/mol. The van der Waals surface area contributed by atoms with E-state index in [1.165, 1.54) is 0 Å². The van der Waals surface area contributed by atoms with Crippen LogP contribution in [0.4, 0.5) is 0 Å². The predicted molar refractivity (Wildman–Crippen MR) is 58.8 cm³/mol. The fourth-order valence-corrected chi connectivity index (χ4v) is 1.20. The molecule has 0 atom stereocenters. The van der Waals surface area contributed by atoms with Crippen molar-refractivity contribution < 1.29 is 4.74 Å². The van der Waals surface area contributed by atoms with Gasteiger partial charge in [-0.15, -0.1) is 11.6 Å². The van der Waals surface area contributed by atoms with Gasteiger partial charge in [0.15, 0.2) is 0 Å². The van der Waals surface area contributed by atoms with E-state index in [9.17, 15) is 0 Å². The van der Waals surface area contributed by atoms with Gasteiger partial charge in [0.05, 0.1) is 12.1 Å². The number of aromatic nitrogens is 1. The lowest BCUT2D eigenvalue weighted by molar-refractivity contribution is 0.104. The highest BCUT2D eigenvalue weighted by Crippen LogP contribution is 2.24. The fraction of sp³-hybridized carbons (Fsp3) is 0.545. The number of ether oxygens (including phenoxy) is 1. The van der Waals surface area contributed by atoms with Crippen molar-refractivity contribution in [1.82, 2.24) is 4.98 Å². The summed E-state index contributed by atoms with van der Waals surface area (Å²) in [6, 6.07) is 1.88. The minimum absolute atomic E-state index is 0.163. The van der Waals surface area contributed by atoms with Crippen LogP contribution in [0.3, 0.4) is 0 Å². The first-order valence-corrected chi connectivity index (χ1v) is 5.30. The highest BCUT2D eigenvalue weighted by atomic mass is 35.5. The number of alkyl halides is 1. The Morgan fingerprint density at radius 2 is 2.21 bits per heavy atom. The molecule has 78 valence electrons. The van der Waals surface area contributed by atoms with Crippen molar-refractivity contribution in [3.8, 4) is 5.75 Å². The van der Waals surface area contributed by atoms with E-state index in [4.69, 9.17) is 16.3 Å². The summed E-state index contributed by atoms with van der Waals surface area (Å²) in [4.78, 5) is 4.03. The zero-order valence-electron chi connectivity index (χ0n) is 8.88. The molecule has 0 bridgehead atoms. The molecular weight excluding hydrogens is 198 g/mol. The largest absolute Gasteiger partial charge is 0.486 e. The van der Waals surface area contributed by atoms with Gasteiger partial charge >= 0.3 is 0 Å². The third kappa shape index (κ3) is 2.88. The lowest BCUT2D eigenvalue weighted by Crippen LogP contribution is -2.27. The van der Waals surface area contributed by atoms with E-state index in [1.807, 2.05) is 6.07 Å². The Kier molecular flexibility index (Phi) is 3.76. The van der Waals surface area contributed by atoms with E-state index in [2.05, 4.69) is 25.8 Å². The highest BCUT2D eigenvalue weighted by Gasteiger charge is 2.18. The van der Waals surface area contributed by atoms with Crippen LogP contribution in [0.1, 0.15) is 32.8 Å². The molecule has 14 heavy (non-hydrogen) atoms. The summed E-state index contributed by atoms with van der Waals surface area (Å²) >= 11 is 5.80. The minimum Gasteiger partial charge on any atom is -0.486 e. The third-order valence-electron chi connectivity index (χ3n) is 2.25. The second-order valence-electron chi connectivity index (χ2n) is 3.83. The Morgan fingerprint density at radius 1 is 1.50 bits per heavy atom. The molecule has 0 aliphatic carbocycles. The van der Waals surface area contributed by atoms with Crippen LogP contribution in [0.25, 0.3) is 0 Å². The number of hydrogen-bond acceptors (Lipinski definition) is 2. The van der Waals surface area contributed by atoms with E-state index in [0.29, 0.717) is 5.88 Å². The Bertz CT molecular complexity index is 299. The van der Waals surface area contributed by atoms with Crippen molar-refractivity contribution in [2.75, 3.05) is 0 Å². The maximum absolute atomic E-state index is 5.83. The number of rotatable bonds is 4. The van der Waals surface area contributed by atoms with Gasteiger partial charge < -0.3 is 4.74 Å². The van der Waals surface area contributed by atoms with Crippen LogP contribution in [-0.2, 0) is 5.88 Å². The lowest BCUT2D eigenvalue weighted by atomic mass is 10.1. The summed E-state index contributed by atoms with van der Waals surface area (Å²) < 4.78 is 5.83. The molecule has 1 aromatic rings. The van der Waals surface area contributed by atoms with Gasteiger partial charge in [-0.05, 0) is 26.3 Å².